The van der Waals surface area contributed by atoms with Crippen molar-refractivity contribution in [3.8, 4) is 0 Å². The summed E-state index contributed by atoms with van der Waals surface area (Å²) in [6, 6.07) is 6.79. The number of primary sulfonamides is 1. The van der Waals surface area contributed by atoms with E-state index in [-0.39, 0.29) is 4.90 Å². The van der Waals surface area contributed by atoms with Gasteiger partial charge in [-0.25, -0.2) is 13.6 Å². The monoisotopic (exact) mass is 300 g/mol. The van der Waals surface area contributed by atoms with E-state index >= 15 is 0 Å². The van der Waals surface area contributed by atoms with E-state index in [1.165, 1.54) is 17.9 Å². The van der Waals surface area contributed by atoms with Gasteiger partial charge in [-0.15, -0.1) is 0 Å². The number of hydrogen-bond donors (Lipinski definition) is 2. The first-order valence-corrected chi connectivity index (χ1v) is 9.16. The number of nitrogens with two attached hydrogens (primary N) is 1. The molecular weight excluding hydrogens is 280 g/mol. The van der Waals surface area contributed by atoms with Crippen molar-refractivity contribution in [3.05, 3.63) is 29.8 Å². The standard InChI is InChI=1S/C13H20N2O2S2/c14-19(16,17)13-3-1-11(2-4-13)5-7-15-9-12-6-8-18-10-12/h1-4,12,15H,5-10H2,(H2,14,16,17). The van der Waals surface area contributed by atoms with Gasteiger partial charge in [-0.2, -0.15) is 11.8 Å². The second kappa shape index (κ2) is 6.74. The predicted molar refractivity (Wildman–Crippen MR) is 79.8 cm³/mol. The van der Waals surface area contributed by atoms with Crippen LogP contribution in [0, 0.1) is 5.92 Å². The van der Waals surface area contributed by atoms with Crippen LogP contribution in [0.2, 0.25) is 0 Å². The molecule has 6 heteroatoms. The highest BCUT2D eigenvalue weighted by Gasteiger charge is 2.14. The fourth-order valence-corrected chi connectivity index (χ4v) is 3.93. The van der Waals surface area contributed by atoms with Crippen molar-refractivity contribution in [2.24, 2.45) is 11.1 Å². The maximum absolute atomic E-state index is 11.1. The zero-order chi connectivity index (χ0) is 13.7. The normalized spacial score (nSPS) is 19.7. The van der Waals surface area contributed by atoms with Gasteiger partial charge in [-0.3, -0.25) is 0 Å². The first-order chi connectivity index (χ1) is 9.05. The topological polar surface area (TPSA) is 72.2 Å². The lowest BCUT2D eigenvalue weighted by molar-refractivity contribution is 0.525. The molecule has 1 aliphatic heterocycles. The average molecular weight is 300 g/mol. The molecule has 1 unspecified atom stereocenters. The minimum Gasteiger partial charge on any atom is -0.316 e. The van der Waals surface area contributed by atoms with Gasteiger partial charge in [0.1, 0.15) is 0 Å². The fourth-order valence-electron chi connectivity index (χ4n) is 2.13. The van der Waals surface area contributed by atoms with Gasteiger partial charge in [-0.1, -0.05) is 12.1 Å². The fraction of sp³-hybridized carbons (Fsp3) is 0.538. The van der Waals surface area contributed by atoms with Crippen LogP contribution >= 0.6 is 11.8 Å². The molecule has 0 saturated carbocycles. The quantitative estimate of drug-likeness (QED) is 0.775. The molecule has 0 radical (unpaired) electrons. The van der Waals surface area contributed by atoms with Crippen LogP contribution < -0.4 is 10.5 Å². The van der Waals surface area contributed by atoms with Crippen LogP contribution in [-0.4, -0.2) is 33.0 Å². The summed E-state index contributed by atoms with van der Waals surface area (Å²) in [5.74, 6) is 3.38. The minimum absolute atomic E-state index is 0.173. The van der Waals surface area contributed by atoms with Crippen molar-refractivity contribution < 1.29 is 8.42 Å². The third kappa shape index (κ3) is 4.80. The maximum Gasteiger partial charge on any atom is 0.238 e. The first-order valence-electron chi connectivity index (χ1n) is 6.46. The highest BCUT2D eigenvalue weighted by molar-refractivity contribution is 7.99. The van der Waals surface area contributed by atoms with Crippen molar-refractivity contribution in [1.82, 2.24) is 5.32 Å². The van der Waals surface area contributed by atoms with E-state index in [2.05, 4.69) is 5.32 Å². The molecule has 0 aliphatic carbocycles. The van der Waals surface area contributed by atoms with Gasteiger partial charge in [0, 0.05) is 0 Å². The Labute approximate surface area is 119 Å². The number of hydrogen-bond acceptors (Lipinski definition) is 4. The average Bonchev–Trinajstić information content (AvgIpc) is 2.87. The van der Waals surface area contributed by atoms with Gasteiger partial charge < -0.3 is 5.32 Å². The van der Waals surface area contributed by atoms with Crippen molar-refractivity contribution >= 4 is 21.8 Å². The summed E-state index contributed by atoms with van der Waals surface area (Å²) in [5.41, 5.74) is 1.13. The first kappa shape index (κ1) is 14.8. The van der Waals surface area contributed by atoms with Crippen LogP contribution in [0.15, 0.2) is 29.2 Å². The maximum atomic E-state index is 11.1. The molecule has 0 amide bonds. The number of rotatable bonds is 6. The van der Waals surface area contributed by atoms with E-state index in [0.717, 1.165) is 31.0 Å². The zero-order valence-corrected chi connectivity index (χ0v) is 12.5. The number of sulfonamides is 1. The Morgan fingerprint density at radius 3 is 2.63 bits per heavy atom. The number of benzene rings is 1. The third-order valence-corrected chi connectivity index (χ3v) is 5.46. The molecule has 1 aromatic carbocycles. The molecule has 19 heavy (non-hydrogen) atoms. The third-order valence-electron chi connectivity index (χ3n) is 3.30. The van der Waals surface area contributed by atoms with Gasteiger partial charge in [0.15, 0.2) is 0 Å². The Kier molecular flexibility index (Phi) is 5.27. The van der Waals surface area contributed by atoms with E-state index in [4.69, 9.17) is 5.14 Å². The van der Waals surface area contributed by atoms with Gasteiger partial charge >= 0.3 is 0 Å². The largest absolute Gasteiger partial charge is 0.316 e. The van der Waals surface area contributed by atoms with E-state index in [0.29, 0.717) is 0 Å². The zero-order valence-electron chi connectivity index (χ0n) is 10.8. The number of nitrogens with one attached hydrogen (secondary N) is 1. The molecule has 1 atom stereocenters. The second-order valence-electron chi connectivity index (χ2n) is 4.87. The minimum atomic E-state index is -3.57. The highest BCUT2D eigenvalue weighted by Crippen LogP contribution is 2.22. The smallest absolute Gasteiger partial charge is 0.238 e. The SMILES string of the molecule is NS(=O)(=O)c1ccc(CCNCC2CCSC2)cc1. The van der Waals surface area contributed by atoms with Crippen molar-refractivity contribution in [1.29, 1.82) is 0 Å². The lowest BCUT2D eigenvalue weighted by Crippen LogP contribution is -2.24. The van der Waals surface area contributed by atoms with Crippen LogP contribution in [-0.2, 0) is 16.4 Å². The molecule has 1 saturated heterocycles. The molecule has 2 rings (SSSR count). The summed E-state index contributed by atoms with van der Waals surface area (Å²) in [7, 11) is -3.57. The van der Waals surface area contributed by atoms with E-state index in [9.17, 15) is 8.42 Å². The Hall–Kier alpha value is -0.560. The molecule has 0 bridgehead atoms. The molecule has 0 spiro atoms. The van der Waals surface area contributed by atoms with Crippen LogP contribution in [0.4, 0.5) is 0 Å². The molecule has 0 aromatic heterocycles. The van der Waals surface area contributed by atoms with E-state index in [1.807, 2.05) is 23.9 Å². The van der Waals surface area contributed by atoms with Gasteiger partial charge in [0.2, 0.25) is 10.0 Å². The Bertz CT molecular complexity index is 494. The molecule has 1 aromatic rings. The molecule has 3 N–H and O–H groups in total. The lowest BCUT2D eigenvalue weighted by Gasteiger charge is -2.10. The summed E-state index contributed by atoms with van der Waals surface area (Å²) in [6.07, 6.45) is 2.23. The van der Waals surface area contributed by atoms with Crippen molar-refractivity contribution in [3.63, 3.8) is 0 Å². The summed E-state index contributed by atoms with van der Waals surface area (Å²) in [4.78, 5) is 0.173. The van der Waals surface area contributed by atoms with Crippen molar-refractivity contribution in [2.75, 3.05) is 24.6 Å². The number of thioether (sulfide) groups is 1. The van der Waals surface area contributed by atoms with E-state index < -0.39 is 10.0 Å². The van der Waals surface area contributed by atoms with E-state index in [1.54, 1.807) is 12.1 Å². The molecule has 106 valence electrons. The van der Waals surface area contributed by atoms with Crippen LogP contribution in [0.5, 0.6) is 0 Å². The lowest BCUT2D eigenvalue weighted by atomic mass is 10.1. The Morgan fingerprint density at radius 1 is 1.32 bits per heavy atom. The van der Waals surface area contributed by atoms with Crippen LogP contribution in [0.3, 0.4) is 0 Å². The summed E-state index contributed by atoms with van der Waals surface area (Å²) < 4.78 is 22.2. The predicted octanol–water partition coefficient (Wildman–Crippen LogP) is 1.22. The van der Waals surface area contributed by atoms with Crippen LogP contribution in [0.25, 0.3) is 0 Å². The summed E-state index contributed by atoms with van der Waals surface area (Å²) in [6.45, 7) is 2.01. The van der Waals surface area contributed by atoms with Gasteiger partial charge in [0.25, 0.3) is 0 Å². The Morgan fingerprint density at radius 2 is 2.05 bits per heavy atom. The summed E-state index contributed by atoms with van der Waals surface area (Å²) >= 11 is 2.03. The van der Waals surface area contributed by atoms with Gasteiger partial charge in [-0.05, 0) is 61.1 Å². The van der Waals surface area contributed by atoms with Crippen molar-refractivity contribution in [2.45, 2.75) is 17.7 Å². The summed E-state index contributed by atoms with van der Waals surface area (Å²) in [5, 5.41) is 8.52. The Balaban J connectivity index is 1.74. The highest BCUT2D eigenvalue weighted by atomic mass is 32.2. The molecular formula is C13H20N2O2S2. The molecule has 1 fully saturated rings. The molecule has 1 aliphatic rings. The van der Waals surface area contributed by atoms with Crippen LogP contribution in [0.1, 0.15) is 12.0 Å². The van der Waals surface area contributed by atoms with Gasteiger partial charge in [0.05, 0.1) is 4.90 Å². The molecule has 1 heterocycles. The molecule has 4 nitrogen and oxygen atoms in total. The second-order valence-corrected chi connectivity index (χ2v) is 7.58.